The lowest BCUT2D eigenvalue weighted by Gasteiger charge is -2.14. The summed E-state index contributed by atoms with van der Waals surface area (Å²) in [7, 11) is 0. The first-order valence-electron chi connectivity index (χ1n) is 7.99. The Bertz CT molecular complexity index is 862. The zero-order valence-corrected chi connectivity index (χ0v) is 15.2. The Morgan fingerprint density at radius 2 is 1.38 bits per heavy atom. The Balaban J connectivity index is 2.02. The number of carbonyl (C=O) groups is 2. The molecule has 0 saturated carbocycles. The van der Waals surface area contributed by atoms with Gasteiger partial charge < -0.3 is 10.6 Å². The van der Waals surface area contributed by atoms with Crippen molar-refractivity contribution >= 4 is 29.1 Å². The van der Waals surface area contributed by atoms with Gasteiger partial charge in [0.15, 0.2) is 0 Å². The monoisotopic (exact) mass is 438 g/mol. The Morgan fingerprint density at radius 3 is 1.86 bits per heavy atom. The van der Waals surface area contributed by atoms with E-state index in [1.165, 1.54) is 24.3 Å². The highest BCUT2D eigenvalue weighted by Gasteiger charge is 2.37. The van der Waals surface area contributed by atoms with Crippen LogP contribution in [0.25, 0.3) is 0 Å². The summed E-state index contributed by atoms with van der Waals surface area (Å²) < 4.78 is 77.0. The van der Waals surface area contributed by atoms with Gasteiger partial charge in [0.25, 0.3) is 5.91 Å². The second-order valence-electron chi connectivity index (χ2n) is 5.86. The van der Waals surface area contributed by atoms with Gasteiger partial charge >= 0.3 is 12.4 Å². The molecule has 2 aromatic carbocycles. The van der Waals surface area contributed by atoms with Gasteiger partial charge in [-0.25, -0.2) is 0 Å². The lowest BCUT2D eigenvalue weighted by molar-refractivity contribution is -0.143. The molecule has 2 rings (SSSR count). The summed E-state index contributed by atoms with van der Waals surface area (Å²) in [6, 6.07) is 6.68. The molecule has 0 aliphatic rings. The maximum Gasteiger partial charge on any atom is 0.416 e. The van der Waals surface area contributed by atoms with Crippen molar-refractivity contribution in [1.82, 2.24) is 5.32 Å². The molecule has 0 aliphatic heterocycles. The Kier molecular flexibility index (Phi) is 6.78. The third kappa shape index (κ3) is 6.67. The normalized spacial score (nSPS) is 11.8. The first-order valence-corrected chi connectivity index (χ1v) is 8.37. The minimum Gasteiger partial charge on any atom is -0.352 e. The number of amides is 2. The standard InChI is InChI=1S/C18H13ClF6N2O2/c19-13-1-3-14(4-2-13)27-15(28)5-6-26-16(29)10-7-11(17(20,21)22)9-12(8-10)18(23,24)25/h1-4,7-9H,5-6H2,(H,26,29)(H,27,28). The highest BCUT2D eigenvalue weighted by molar-refractivity contribution is 6.30. The number of nitrogens with one attached hydrogen (secondary N) is 2. The van der Waals surface area contributed by atoms with Crippen LogP contribution in [0.2, 0.25) is 5.02 Å². The van der Waals surface area contributed by atoms with Crippen LogP contribution in [0.5, 0.6) is 0 Å². The summed E-state index contributed by atoms with van der Waals surface area (Å²) in [4.78, 5) is 23.8. The zero-order chi connectivity index (χ0) is 21.8. The molecular formula is C18H13ClF6N2O2. The van der Waals surface area contributed by atoms with Gasteiger partial charge in [0, 0.05) is 29.2 Å². The molecule has 0 fully saturated rings. The fraction of sp³-hybridized carbons (Fsp3) is 0.222. The first-order chi connectivity index (χ1) is 13.4. The molecule has 0 radical (unpaired) electrons. The summed E-state index contributed by atoms with van der Waals surface area (Å²) >= 11 is 5.70. The summed E-state index contributed by atoms with van der Waals surface area (Å²) in [6.45, 7) is -0.296. The summed E-state index contributed by atoms with van der Waals surface area (Å²) in [5, 5.41) is 5.07. The van der Waals surface area contributed by atoms with Crippen molar-refractivity contribution in [3.8, 4) is 0 Å². The molecule has 156 valence electrons. The molecule has 2 N–H and O–H groups in total. The number of rotatable bonds is 5. The van der Waals surface area contributed by atoms with Gasteiger partial charge in [-0.05, 0) is 42.5 Å². The molecule has 0 atom stereocenters. The van der Waals surface area contributed by atoms with Crippen LogP contribution in [0.4, 0.5) is 32.0 Å². The van der Waals surface area contributed by atoms with E-state index < -0.39 is 40.9 Å². The van der Waals surface area contributed by atoms with E-state index >= 15 is 0 Å². The van der Waals surface area contributed by atoms with Crippen LogP contribution in [0.15, 0.2) is 42.5 Å². The van der Waals surface area contributed by atoms with Crippen LogP contribution in [0, 0.1) is 0 Å². The SMILES string of the molecule is O=C(CCNC(=O)c1cc(C(F)(F)F)cc(C(F)(F)F)c1)Nc1ccc(Cl)cc1. The van der Waals surface area contributed by atoms with Crippen molar-refractivity contribution in [2.75, 3.05) is 11.9 Å². The van der Waals surface area contributed by atoms with Crippen LogP contribution >= 0.6 is 11.6 Å². The second kappa shape index (κ2) is 8.73. The third-order valence-corrected chi connectivity index (χ3v) is 3.87. The van der Waals surface area contributed by atoms with Crippen LogP contribution in [0.1, 0.15) is 27.9 Å². The van der Waals surface area contributed by atoms with Gasteiger partial charge in [-0.2, -0.15) is 26.3 Å². The number of hydrogen-bond acceptors (Lipinski definition) is 2. The predicted octanol–water partition coefficient (Wildman–Crippen LogP) is 5.14. The lowest BCUT2D eigenvalue weighted by Crippen LogP contribution is -2.28. The molecule has 29 heavy (non-hydrogen) atoms. The highest BCUT2D eigenvalue weighted by atomic mass is 35.5. The van der Waals surface area contributed by atoms with E-state index in [2.05, 4.69) is 10.6 Å². The van der Waals surface area contributed by atoms with E-state index in [1.54, 1.807) is 0 Å². The highest BCUT2D eigenvalue weighted by Crippen LogP contribution is 2.36. The van der Waals surface area contributed by atoms with Gasteiger partial charge in [-0.15, -0.1) is 0 Å². The largest absolute Gasteiger partial charge is 0.416 e. The zero-order valence-electron chi connectivity index (χ0n) is 14.4. The minimum atomic E-state index is -5.06. The molecule has 2 aromatic rings. The van der Waals surface area contributed by atoms with Gasteiger partial charge in [0.1, 0.15) is 0 Å². The smallest absolute Gasteiger partial charge is 0.352 e. The molecule has 0 bridgehead atoms. The molecule has 0 heterocycles. The van der Waals surface area contributed by atoms with Crippen molar-refractivity contribution in [2.45, 2.75) is 18.8 Å². The van der Waals surface area contributed by atoms with Crippen molar-refractivity contribution in [2.24, 2.45) is 0 Å². The summed E-state index contributed by atoms with van der Waals surface area (Å²) in [6.07, 6.45) is -10.4. The van der Waals surface area contributed by atoms with E-state index in [9.17, 15) is 35.9 Å². The molecule has 0 aliphatic carbocycles. The topological polar surface area (TPSA) is 58.2 Å². The fourth-order valence-corrected chi connectivity index (χ4v) is 2.36. The fourth-order valence-electron chi connectivity index (χ4n) is 2.23. The number of hydrogen-bond donors (Lipinski definition) is 2. The molecule has 0 unspecified atom stereocenters. The number of halogens is 7. The van der Waals surface area contributed by atoms with Gasteiger partial charge in [0.05, 0.1) is 11.1 Å². The Morgan fingerprint density at radius 1 is 0.862 bits per heavy atom. The predicted molar refractivity (Wildman–Crippen MR) is 93.5 cm³/mol. The average Bonchev–Trinajstić information content (AvgIpc) is 2.61. The lowest BCUT2D eigenvalue weighted by atomic mass is 10.0. The van der Waals surface area contributed by atoms with Crippen LogP contribution in [-0.2, 0) is 17.1 Å². The summed E-state index contributed by atoms with van der Waals surface area (Å²) in [5.41, 5.74) is -3.58. The van der Waals surface area contributed by atoms with Crippen LogP contribution < -0.4 is 10.6 Å². The molecule has 4 nitrogen and oxygen atoms in total. The Hall–Kier alpha value is -2.75. The number of alkyl halides is 6. The molecular weight excluding hydrogens is 426 g/mol. The van der Waals surface area contributed by atoms with Crippen molar-refractivity contribution < 1.29 is 35.9 Å². The van der Waals surface area contributed by atoms with E-state index in [-0.39, 0.29) is 19.0 Å². The third-order valence-electron chi connectivity index (χ3n) is 3.62. The quantitative estimate of drug-likeness (QED) is 0.635. The maximum atomic E-state index is 12.8. The van der Waals surface area contributed by atoms with Gasteiger partial charge in [-0.1, -0.05) is 11.6 Å². The van der Waals surface area contributed by atoms with E-state index in [0.29, 0.717) is 22.8 Å². The van der Waals surface area contributed by atoms with Gasteiger partial charge in [-0.3, -0.25) is 9.59 Å². The van der Waals surface area contributed by atoms with E-state index in [4.69, 9.17) is 11.6 Å². The number of benzene rings is 2. The van der Waals surface area contributed by atoms with E-state index in [0.717, 1.165) is 0 Å². The second-order valence-corrected chi connectivity index (χ2v) is 6.29. The maximum absolute atomic E-state index is 12.8. The molecule has 0 aromatic heterocycles. The first kappa shape index (κ1) is 22.5. The van der Waals surface area contributed by atoms with Gasteiger partial charge in [0.2, 0.25) is 5.91 Å². The molecule has 2 amide bonds. The van der Waals surface area contributed by atoms with Crippen LogP contribution in [-0.4, -0.2) is 18.4 Å². The summed E-state index contributed by atoms with van der Waals surface area (Å²) in [5.74, 6) is -1.69. The number of carbonyl (C=O) groups excluding carboxylic acids is 2. The van der Waals surface area contributed by atoms with Crippen molar-refractivity contribution in [1.29, 1.82) is 0 Å². The van der Waals surface area contributed by atoms with Crippen molar-refractivity contribution in [3.63, 3.8) is 0 Å². The minimum absolute atomic E-state index is 0.0731. The van der Waals surface area contributed by atoms with Crippen LogP contribution in [0.3, 0.4) is 0 Å². The van der Waals surface area contributed by atoms with Crippen molar-refractivity contribution in [3.05, 3.63) is 64.2 Å². The molecule has 0 saturated heterocycles. The number of anilines is 1. The van der Waals surface area contributed by atoms with E-state index in [1.807, 2.05) is 0 Å². The average molecular weight is 439 g/mol. The molecule has 11 heteroatoms. The Labute approximate surface area is 165 Å². The molecule has 0 spiro atoms.